The molecule has 1 aromatic carbocycles. The number of hydrogen-bond donors (Lipinski definition) is 2. The number of nitrogens with zero attached hydrogens (tertiary/aromatic N) is 1. The van der Waals surface area contributed by atoms with Crippen molar-refractivity contribution in [3.63, 3.8) is 0 Å². The van der Waals surface area contributed by atoms with Gasteiger partial charge in [0.2, 0.25) is 0 Å². The molecule has 0 unspecified atom stereocenters. The van der Waals surface area contributed by atoms with Crippen molar-refractivity contribution in [3.05, 3.63) is 30.0 Å². The van der Waals surface area contributed by atoms with Gasteiger partial charge in [-0.15, -0.1) is 0 Å². The summed E-state index contributed by atoms with van der Waals surface area (Å²) in [5.41, 5.74) is 8.95. The lowest BCUT2D eigenvalue weighted by Crippen LogP contribution is -2.13. The van der Waals surface area contributed by atoms with Crippen LogP contribution in [-0.4, -0.2) is 17.3 Å². The zero-order chi connectivity index (χ0) is 13.3. The summed E-state index contributed by atoms with van der Waals surface area (Å²) in [5.74, 6) is 1.33. The Labute approximate surface area is 107 Å². The van der Waals surface area contributed by atoms with Crippen molar-refractivity contribution in [1.29, 1.82) is 0 Å². The topological polar surface area (TPSA) is 63.9 Å². The van der Waals surface area contributed by atoms with Gasteiger partial charge in [-0.25, -0.2) is 0 Å². The Morgan fingerprint density at radius 1 is 1.28 bits per heavy atom. The molecule has 2 rings (SSSR count). The maximum Gasteiger partial charge on any atom is 0.153 e. The van der Waals surface area contributed by atoms with Gasteiger partial charge in [-0.3, -0.25) is 5.10 Å². The Balaban J connectivity index is 2.59. The first kappa shape index (κ1) is 12.5. The predicted molar refractivity (Wildman–Crippen MR) is 73.7 cm³/mol. The van der Waals surface area contributed by atoms with Gasteiger partial charge >= 0.3 is 0 Å². The second kappa shape index (κ2) is 4.37. The molecular formula is C14H19N3O. The summed E-state index contributed by atoms with van der Waals surface area (Å²) in [6.45, 7) is 6.39. The van der Waals surface area contributed by atoms with Crippen LogP contribution in [0, 0.1) is 0 Å². The van der Waals surface area contributed by atoms with Gasteiger partial charge in [0.05, 0.1) is 12.8 Å². The minimum absolute atomic E-state index is 0.0387. The molecular weight excluding hydrogens is 226 g/mol. The van der Waals surface area contributed by atoms with E-state index >= 15 is 0 Å². The molecule has 0 fully saturated rings. The molecule has 0 radical (unpaired) electrons. The highest BCUT2D eigenvalue weighted by Crippen LogP contribution is 2.36. The lowest BCUT2D eigenvalue weighted by atomic mass is 9.87. The SMILES string of the molecule is COc1cccc(-c2c(N)n[nH]c2C(C)(C)C)c1. The molecule has 4 heteroatoms. The molecule has 0 aliphatic heterocycles. The third-order valence-corrected chi connectivity index (χ3v) is 2.90. The molecule has 2 aromatic rings. The zero-order valence-electron chi connectivity index (χ0n) is 11.2. The van der Waals surface area contributed by atoms with Gasteiger partial charge in [-0.1, -0.05) is 32.9 Å². The smallest absolute Gasteiger partial charge is 0.153 e. The van der Waals surface area contributed by atoms with E-state index in [1.807, 2.05) is 24.3 Å². The number of hydrogen-bond acceptors (Lipinski definition) is 3. The van der Waals surface area contributed by atoms with Gasteiger partial charge in [0, 0.05) is 11.0 Å². The second-order valence-electron chi connectivity index (χ2n) is 5.34. The number of rotatable bonds is 2. The molecule has 96 valence electrons. The van der Waals surface area contributed by atoms with E-state index in [9.17, 15) is 0 Å². The maximum atomic E-state index is 5.98. The van der Waals surface area contributed by atoms with E-state index in [2.05, 4.69) is 31.0 Å². The molecule has 0 spiro atoms. The Hall–Kier alpha value is -1.97. The van der Waals surface area contributed by atoms with Crippen LogP contribution >= 0.6 is 0 Å². The van der Waals surface area contributed by atoms with Crippen molar-refractivity contribution in [2.45, 2.75) is 26.2 Å². The molecule has 0 amide bonds. The third kappa shape index (κ3) is 2.18. The molecule has 0 aliphatic rings. The van der Waals surface area contributed by atoms with Crippen LogP contribution < -0.4 is 10.5 Å². The van der Waals surface area contributed by atoms with Crippen LogP contribution in [0.15, 0.2) is 24.3 Å². The number of methoxy groups -OCH3 is 1. The maximum absolute atomic E-state index is 5.98. The summed E-state index contributed by atoms with van der Waals surface area (Å²) in [6, 6.07) is 7.85. The molecule has 0 bridgehead atoms. The Kier molecular flexibility index (Phi) is 3.03. The molecule has 1 aromatic heterocycles. The largest absolute Gasteiger partial charge is 0.497 e. The standard InChI is InChI=1S/C14H19N3O/c1-14(2,3)12-11(13(15)17-16-12)9-6-5-7-10(8-9)18-4/h5-8H,1-4H3,(H3,15,16,17). The molecule has 1 heterocycles. The summed E-state index contributed by atoms with van der Waals surface area (Å²) in [5, 5.41) is 7.16. The monoisotopic (exact) mass is 245 g/mol. The number of H-pyrrole nitrogens is 1. The van der Waals surface area contributed by atoms with E-state index < -0.39 is 0 Å². The Bertz CT molecular complexity index is 552. The lowest BCUT2D eigenvalue weighted by Gasteiger charge is -2.18. The van der Waals surface area contributed by atoms with Crippen LogP contribution in [-0.2, 0) is 5.41 Å². The number of nitrogens with two attached hydrogens (primary N) is 1. The molecule has 0 saturated carbocycles. The predicted octanol–water partition coefficient (Wildman–Crippen LogP) is 2.97. The van der Waals surface area contributed by atoms with E-state index in [0.717, 1.165) is 22.6 Å². The van der Waals surface area contributed by atoms with Gasteiger partial charge in [0.15, 0.2) is 5.82 Å². The first-order valence-electron chi connectivity index (χ1n) is 5.92. The van der Waals surface area contributed by atoms with Gasteiger partial charge < -0.3 is 10.5 Å². The van der Waals surface area contributed by atoms with E-state index in [0.29, 0.717) is 5.82 Å². The fraction of sp³-hybridized carbons (Fsp3) is 0.357. The van der Waals surface area contributed by atoms with Crippen LogP contribution in [0.1, 0.15) is 26.5 Å². The van der Waals surface area contributed by atoms with Crippen molar-refractivity contribution < 1.29 is 4.74 Å². The summed E-state index contributed by atoms with van der Waals surface area (Å²) in [6.07, 6.45) is 0. The van der Waals surface area contributed by atoms with Gasteiger partial charge in [-0.2, -0.15) is 5.10 Å². The molecule has 4 nitrogen and oxygen atoms in total. The third-order valence-electron chi connectivity index (χ3n) is 2.90. The number of aromatic amines is 1. The van der Waals surface area contributed by atoms with E-state index in [1.165, 1.54) is 0 Å². The fourth-order valence-corrected chi connectivity index (χ4v) is 1.97. The van der Waals surface area contributed by atoms with Gasteiger partial charge in [0.1, 0.15) is 5.75 Å². The number of aromatic nitrogens is 2. The average Bonchev–Trinajstić information content (AvgIpc) is 2.71. The number of benzene rings is 1. The van der Waals surface area contributed by atoms with Gasteiger partial charge in [0.25, 0.3) is 0 Å². The van der Waals surface area contributed by atoms with Crippen molar-refractivity contribution in [1.82, 2.24) is 10.2 Å². The van der Waals surface area contributed by atoms with E-state index in [1.54, 1.807) is 7.11 Å². The minimum atomic E-state index is -0.0387. The molecule has 3 N–H and O–H groups in total. The van der Waals surface area contributed by atoms with Crippen molar-refractivity contribution in [2.75, 3.05) is 12.8 Å². The molecule has 0 aliphatic carbocycles. The van der Waals surface area contributed by atoms with Crippen LogP contribution in [0.3, 0.4) is 0 Å². The number of ether oxygens (including phenoxy) is 1. The Morgan fingerprint density at radius 2 is 2.00 bits per heavy atom. The minimum Gasteiger partial charge on any atom is -0.497 e. The van der Waals surface area contributed by atoms with Gasteiger partial charge in [-0.05, 0) is 17.7 Å². The zero-order valence-corrected chi connectivity index (χ0v) is 11.2. The van der Waals surface area contributed by atoms with Crippen LogP contribution in [0.4, 0.5) is 5.82 Å². The van der Waals surface area contributed by atoms with Crippen molar-refractivity contribution >= 4 is 5.82 Å². The average molecular weight is 245 g/mol. The summed E-state index contributed by atoms with van der Waals surface area (Å²) >= 11 is 0. The lowest BCUT2D eigenvalue weighted by molar-refractivity contribution is 0.415. The fourth-order valence-electron chi connectivity index (χ4n) is 1.97. The number of anilines is 1. The highest BCUT2D eigenvalue weighted by Gasteiger charge is 2.23. The van der Waals surface area contributed by atoms with Crippen LogP contribution in [0.5, 0.6) is 5.75 Å². The first-order chi connectivity index (χ1) is 8.43. The van der Waals surface area contributed by atoms with Crippen LogP contribution in [0.25, 0.3) is 11.1 Å². The summed E-state index contributed by atoms with van der Waals surface area (Å²) in [7, 11) is 1.66. The summed E-state index contributed by atoms with van der Waals surface area (Å²) in [4.78, 5) is 0. The number of nitrogen functional groups attached to an aromatic ring is 1. The summed E-state index contributed by atoms with van der Waals surface area (Å²) < 4.78 is 5.25. The second-order valence-corrected chi connectivity index (χ2v) is 5.34. The van der Waals surface area contributed by atoms with E-state index in [-0.39, 0.29) is 5.41 Å². The first-order valence-corrected chi connectivity index (χ1v) is 5.92. The normalized spacial score (nSPS) is 11.6. The quantitative estimate of drug-likeness (QED) is 0.855. The van der Waals surface area contributed by atoms with Crippen LogP contribution in [0.2, 0.25) is 0 Å². The van der Waals surface area contributed by atoms with Crippen molar-refractivity contribution in [3.8, 4) is 16.9 Å². The highest BCUT2D eigenvalue weighted by molar-refractivity contribution is 5.77. The number of nitrogens with one attached hydrogen (secondary N) is 1. The van der Waals surface area contributed by atoms with Crippen molar-refractivity contribution in [2.24, 2.45) is 0 Å². The van der Waals surface area contributed by atoms with E-state index in [4.69, 9.17) is 10.5 Å². The molecule has 0 saturated heterocycles. The Morgan fingerprint density at radius 3 is 2.61 bits per heavy atom. The molecule has 18 heavy (non-hydrogen) atoms. The molecule has 0 atom stereocenters. The highest BCUT2D eigenvalue weighted by atomic mass is 16.5.